The van der Waals surface area contributed by atoms with Gasteiger partial charge in [0.1, 0.15) is 0 Å². The number of pyridine rings is 1. The third kappa shape index (κ3) is 4.45. The first kappa shape index (κ1) is 18.6. The lowest BCUT2D eigenvalue weighted by molar-refractivity contribution is 0.114. The molecule has 0 aliphatic carbocycles. The van der Waals surface area contributed by atoms with Crippen molar-refractivity contribution in [3.05, 3.63) is 75.7 Å². The molecule has 29 heavy (non-hydrogen) atoms. The van der Waals surface area contributed by atoms with Crippen LogP contribution in [-0.4, -0.2) is 23.3 Å². The highest BCUT2D eigenvalue weighted by Crippen LogP contribution is 2.35. The highest BCUT2D eigenvalue weighted by atomic mass is 32.1. The number of nitrogens with zero attached hydrogens (tertiary/aromatic N) is 2. The summed E-state index contributed by atoms with van der Waals surface area (Å²) in [6.45, 7) is 3.75. The molecular weight excluding hydrogens is 384 g/mol. The summed E-state index contributed by atoms with van der Waals surface area (Å²) in [5.74, 6) is 1.66. The van der Waals surface area contributed by atoms with Gasteiger partial charge in [0.15, 0.2) is 11.5 Å². The first-order chi connectivity index (χ1) is 14.3. The van der Waals surface area contributed by atoms with E-state index >= 15 is 0 Å². The lowest BCUT2D eigenvalue weighted by Gasteiger charge is -2.22. The maximum Gasteiger partial charge on any atom is 0.231 e. The Kier molecular flexibility index (Phi) is 5.47. The van der Waals surface area contributed by atoms with E-state index in [2.05, 4.69) is 40.2 Å². The summed E-state index contributed by atoms with van der Waals surface area (Å²) >= 11 is 1.87. The highest BCUT2D eigenvalue weighted by molar-refractivity contribution is 7.12. The van der Waals surface area contributed by atoms with Gasteiger partial charge < -0.3 is 14.2 Å². The molecule has 1 aromatic carbocycles. The molecule has 5 nitrogen and oxygen atoms in total. The van der Waals surface area contributed by atoms with E-state index in [1.165, 1.54) is 20.9 Å². The number of aromatic nitrogens is 1. The smallest absolute Gasteiger partial charge is 0.231 e. The van der Waals surface area contributed by atoms with Crippen LogP contribution in [0.2, 0.25) is 0 Å². The van der Waals surface area contributed by atoms with E-state index in [0.29, 0.717) is 6.79 Å². The van der Waals surface area contributed by atoms with Gasteiger partial charge in [-0.25, -0.2) is 0 Å². The summed E-state index contributed by atoms with van der Waals surface area (Å²) in [5, 5.41) is 0. The van der Waals surface area contributed by atoms with Crippen molar-refractivity contribution in [1.82, 2.24) is 9.88 Å². The maximum atomic E-state index is 5.85. The van der Waals surface area contributed by atoms with E-state index in [1.807, 2.05) is 35.9 Å². The molecule has 0 bridgehead atoms. The van der Waals surface area contributed by atoms with Crippen LogP contribution in [0.5, 0.6) is 11.5 Å². The summed E-state index contributed by atoms with van der Waals surface area (Å²) in [5.41, 5.74) is 2.43. The molecule has 1 atom stereocenters. The Balaban J connectivity index is 1.33. The quantitative estimate of drug-likeness (QED) is 0.555. The molecule has 0 amide bonds. The van der Waals surface area contributed by atoms with Crippen molar-refractivity contribution in [3.63, 3.8) is 0 Å². The van der Waals surface area contributed by atoms with Crippen LogP contribution in [0.25, 0.3) is 0 Å². The van der Waals surface area contributed by atoms with Gasteiger partial charge in [0.25, 0.3) is 0 Å². The maximum absolute atomic E-state index is 5.85. The molecule has 2 aliphatic rings. The molecule has 1 fully saturated rings. The van der Waals surface area contributed by atoms with Gasteiger partial charge in [-0.05, 0) is 54.3 Å². The molecule has 2 aromatic heterocycles. The molecule has 3 aromatic rings. The minimum atomic E-state index is 0.286. The summed E-state index contributed by atoms with van der Waals surface area (Å²) in [6, 6.07) is 14.8. The average Bonchev–Trinajstić information content (AvgIpc) is 3.50. The van der Waals surface area contributed by atoms with Gasteiger partial charge in [-0.2, -0.15) is 0 Å². The van der Waals surface area contributed by atoms with E-state index in [9.17, 15) is 0 Å². The van der Waals surface area contributed by atoms with Crippen molar-refractivity contribution in [3.8, 4) is 11.5 Å². The van der Waals surface area contributed by atoms with Crippen LogP contribution in [0.3, 0.4) is 0 Å². The Hall–Kier alpha value is -2.41. The fourth-order valence-electron chi connectivity index (χ4n) is 3.89. The largest absolute Gasteiger partial charge is 0.454 e. The molecule has 2 aliphatic heterocycles. The molecule has 5 rings (SSSR count). The zero-order valence-corrected chi connectivity index (χ0v) is 17.1. The fraction of sp³-hybridized carbons (Fsp3) is 0.348. The van der Waals surface area contributed by atoms with Crippen molar-refractivity contribution >= 4 is 11.3 Å². The molecule has 6 heteroatoms. The normalized spacial score (nSPS) is 17.9. The summed E-state index contributed by atoms with van der Waals surface area (Å²) in [4.78, 5) is 9.43. The molecule has 0 N–H and O–H groups in total. The van der Waals surface area contributed by atoms with E-state index in [1.54, 1.807) is 0 Å². The Morgan fingerprint density at radius 2 is 1.93 bits per heavy atom. The molecule has 0 radical (unpaired) electrons. The van der Waals surface area contributed by atoms with Gasteiger partial charge in [-0.3, -0.25) is 9.88 Å². The SMILES string of the molecule is c1cncc(CN(Cc2ccc3c(c2)OCO3)Cc2ccc([C@@H]3CCCO3)s2)c1. The highest BCUT2D eigenvalue weighted by Gasteiger charge is 2.20. The minimum Gasteiger partial charge on any atom is -0.454 e. The van der Waals surface area contributed by atoms with Crippen molar-refractivity contribution in [2.24, 2.45) is 0 Å². The van der Waals surface area contributed by atoms with Gasteiger partial charge in [0.2, 0.25) is 6.79 Å². The number of ether oxygens (including phenoxy) is 3. The van der Waals surface area contributed by atoms with Crippen LogP contribution in [0.15, 0.2) is 54.9 Å². The molecule has 150 valence electrons. The van der Waals surface area contributed by atoms with Gasteiger partial charge in [0, 0.05) is 48.4 Å². The standard InChI is InChI=1S/C23H24N2O3S/c1-3-18(12-24-9-1)14-25(13-17-5-7-20-22(11-17)28-16-27-20)15-19-6-8-23(29-19)21-4-2-10-26-21/h1,3,5-9,11-12,21H,2,4,10,13-16H2/t21-/m0/s1. The Bertz CT molecular complexity index is 954. The Morgan fingerprint density at radius 1 is 1.00 bits per heavy atom. The Morgan fingerprint density at radius 3 is 2.79 bits per heavy atom. The summed E-state index contributed by atoms with van der Waals surface area (Å²) in [7, 11) is 0. The van der Waals surface area contributed by atoms with E-state index in [4.69, 9.17) is 14.2 Å². The van der Waals surface area contributed by atoms with Crippen LogP contribution >= 0.6 is 11.3 Å². The van der Waals surface area contributed by atoms with Gasteiger partial charge >= 0.3 is 0 Å². The van der Waals surface area contributed by atoms with Crippen LogP contribution in [-0.2, 0) is 24.4 Å². The second kappa shape index (κ2) is 8.53. The van der Waals surface area contributed by atoms with E-state index < -0.39 is 0 Å². The van der Waals surface area contributed by atoms with Crippen LogP contribution in [0.4, 0.5) is 0 Å². The molecule has 1 saturated heterocycles. The zero-order valence-electron chi connectivity index (χ0n) is 16.3. The van der Waals surface area contributed by atoms with Gasteiger partial charge in [-0.1, -0.05) is 12.1 Å². The van der Waals surface area contributed by atoms with Gasteiger partial charge in [0.05, 0.1) is 6.10 Å². The zero-order chi connectivity index (χ0) is 19.5. The molecule has 4 heterocycles. The monoisotopic (exact) mass is 408 g/mol. The number of rotatable bonds is 7. The van der Waals surface area contributed by atoms with Crippen molar-refractivity contribution in [2.75, 3.05) is 13.4 Å². The predicted molar refractivity (Wildman–Crippen MR) is 112 cm³/mol. The molecule has 0 spiro atoms. The fourth-order valence-corrected chi connectivity index (χ4v) is 5.03. The average molecular weight is 409 g/mol. The second-order valence-corrected chi connectivity index (χ2v) is 8.70. The predicted octanol–water partition coefficient (Wildman–Crippen LogP) is 4.93. The summed E-state index contributed by atoms with van der Waals surface area (Å²) in [6.07, 6.45) is 6.35. The molecular formula is C23H24N2O3S. The topological polar surface area (TPSA) is 43.8 Å². The lowest BCUT2D eigenvalue weighted by atomic mass is 10.1. The van der Waals surface area contributed by atoms with E-state index in [-0.39, 0.29) is 6.10 Å². The summed E-state index contributed by atoms with van der Waals surface area (Å²) < 4.78 is 16.9. The van der Waals surface area contributed by atoms with Crippen molar-refractivity contribution in [1.29, 1.82) is 0 Å². The third-order valence-electron chi connectivity index (χ3n) is 5.28. The first-order valence-electron chi connectivity index (χ1n) is 10.0. The first-order valence-corrected chi connectivity index (χ1v) is 10.9. The number of fused-ring (bicyclic) bond motifs is 1. The van der Waals surface area contributed by atoms with Crippen molar-refractivity contribution < 1.29 is 14.2 Å². The van der Waals surface area contributed by atoms with Gasteiger partial charge in [-0.15, -0.1) is 11.3 Å². The number of thiophene rings is 1. The number of hydrogen-bond acceptors (Lipinski definition) is 6. The molecule has 0 unspecified atom stereocenters. The van der Waals surface area contributed by atoms with Crippen LogP contribution < -0.4 is 9.47 Å². The number of benzene rings is 1. The van der Waals surface area contributed by atoms with Crippen LogP contribution in [0.1, 0.15) is 39.8 Å². The molecule has 0 saturated carbocycles. The second-order valence-electron chi connectivity index (χ2n) is 7.50. The van der Waals surface area contributed by atoms with E-state index in [0.717, 1.165) is 50.6 Å². The minimum absolute atomic E-state index is 0.286. The van der Waals surface area contributed by atoms with Crippen molar-refractivity contribution in [2.45, 2.75) is 38.6 Å². The Labute approximate surface area is 174 Å². The van der Waals surface area contributed by atoms with Crippen LogP contribution in [0, 0.1) is 0 Å². The lowest BCUT2D eigenvalue weighted by Crippen LogP contribution is -2.22. The third-order valence-corrected chi connectivity index (χ3v) is 6.44. The number of hydrogen-bond donors (Lipinski definition) is 0.